The standard InChI is InChI=1S/4C8H11NO3.12CO.2Co/c4*1-4-5-7(8(11)12-3)9-6(2)10;12*1-2;;/h4*1,7H,5H2,2-3H3,(H,9,10);;;;;;;;;;;;;;/q;;;;;;;;;;;;;;;;2*+2/p-4. The zero-order valence-corrected chi connectivity index (χ0v) is 41.8. The van der Waals surface area contributed by atoms with Crippen molar-refractivity contribution in [1.82, 2.24) is 0 Å². The number of nitrogens with zero attached hydrogens (tertiary/aromatic N) is 4. The van der Waals surface area contributed by atoms with Crippen molar-refractivity contribution >= 4 is 129 Å². The summed E-state index contributed by atoms with van der Waals surface area (Å²) in [6.07, 6.45) is 20.2. The molecule has 0 saturated heterocycles. The molecule has 0 aromatic heterocycles. The van der Waals surface area contributed by atoms with Crippen LogP contribution in [0.2, 0.25) is 0 Å². The largest absolute Gasteiger partial charge is 2.00 e. The molecule has 28 nitrogen and oxygen atoms in total. The van der Waals surface area contributed by atoms with Crippen LogP contribution in [-0.2, 0) is 148 Å². The Morgan fingerprint density at radius 3 is 0.459 bits per heavy atom. The molecule has 0 rings (SSSR count). The number of rotatable bonds is 12. The van der Waals surface area contributed by atoms with E-state index in [2.05, 4.69) is 145 Å². The molecule has 0 aliphatic rings. The molecule has 0 aromatic carbocycles. The maximum atomic E-state index is 10.9. The average molecular weight is 1130 g/mol. The van der Waals surface area contributed by atoms with Gasteiger partial charge in [0.1, 0.15) is 0 Å². The predicted molar refractivity (Wildman–Crippen MR) is 241 cm³/mol. The summed E-state index contributed by atoms with van der Waals surface area (Å²) >= 11 is 0. The molecule has 30 heteroatoms. The van der Waals surface area contributed by atoms with Crippen LogP contribution in [0.5, 0.6) is 0 Å². The Labute approximate surface area is 452 Å². The van der Waals surface area contributed by atoms with Gasteiger partial charge in [0, 0.05) is 49.3 Å². The second kappa shape index (κ2) is 137. The fourth-order valence-corrected chi connectivity index (χ4v) is 2.60. The molecule has 0 bridgehead atoms. The minimum absolute atomic E-state index is 0. The SMILES string of the molecule is C#CCC([N-]C(C)=O)C(=O)OC.C#CCC([N-]C(C)=O)C(=O)OC.C#CCC([N-]C(C)=O)C(=O)OC.C#CCC([N-]C(C)=O)C(=O)OC.[C]=O.[C]=O.[C]=O.[C]=O.[C]=O.[C]=O.[C]=O.[C]=O.[C]=O.[C]=O.[C]=O.[C]=O.[Co+2].[Co+2]. The zero-order chi connectivity index (χ0) is 62.2. The molecule has 0 fully saturated rings. The van der Waals surface area contributed by atoms with Gasteiger partial charge < -0.3 is 59.4 Å². The number of carbonyl (C=O) groups excluding carboxylic acids is 20. The van der Waals surface area contributed by atoms with Gasteiger partial charge in [-0.15, -0.1) is 49.4 Å². The van der Waals surface area contributed by atoms with Crippen LogP contribution in [0.25, 0.3) is 21.3 Å². The number of terminal acetylenes is 4. The van der Waals surface area contributed by atoms with Gasteiger partial charge in [0.05, 0.1) is 28.4 Å². The number of ether oxygens (including phenoxy) is 4. The molecule has 0 aliphatic carbocycles. The molecule has 0 saturated carbocycles. The molecule has 398 valence electrons. The van der Waals surface area contributed by atoms with Crippen LogP contribution in [0.3, 0.4) is 0 Å². The molecule has 0 aliphatic heterocycles. The third kappa shape index (κ3) is 131. The smallest absolute Gasteiger partial charge is 0.641 e. The van der Waals surface area contributed by atoms with Crippen molar-refractivity contribution in [2.75, 3.05) is 28.4 Å². The van der Waals surface area contributed by atoms with Crippen molar-refractivity contribution in [2.45, 2.75) is 77.5 Å². The summed E-state index contributed by atoms with van der Waals surface area (Å²) in [4.78, 5) is 176. The van der Waals surface area contributed by atoms with Gasteiger partial charge >= 0.3 is 33.6 Å². The van der Waals surface area contributed by atoms with Crippen LogP contribution >= 0.6 is 0 Å². The summed E-state index contributed by atoms with van der Waals surface area (Å²) in [6, 6.07) is -3.40. The maximum absolute atomic E-state index is 10.9. The summed E-state index contributed by atoms with van der Waals surface area (Å²) in [5, 5.41) is 13.9. The van der Waals surface area contributed by atoms with Crippen LogP contribution in [0.4, 0.5) is 0 Å². The van der Waals surface area contributed by atoms with E-state index >= 15 is 0 Å². The summed E-state index contributed by atoms with van der Waals surface area (Å²) in [7, 11) is 4.89. The zero-order valence-electron chi connectivity index (χ0n) is 39.7. The minimum atomic E-state index is -0.850. The van der Waals surface area contributed by atoms with E-state index in [1.165, 1.54) is 56.1 Å². The van der Waals surface area contributed by atoms with Crippen LogP contribution < -0.4 is 0 Å². The number of hydrogen-bond acceptors (Lipinski definition) is 24. The minimum Gasteiger partial charge on any atom is -0.641 e. The first-order valence-corrected chi connectivity index (χ1v) is 15.8. The van der Waals surface area contributed by atoms with E-state index in [0.29, 0.717) is 0 Å². The number of hydrogen-bond donors (Lipinski definition) is 0. The van der Waals surface area contributed by atoms with Crippen molar-refractivity contribution in [1.29, 1.82) is 0 Å². The van der Waals surface area contributed by atoms with E-state index in [-0.39, 0.29) is 59.2 Å². The maximum Gasteiger partial charge on any atom is 2.00 e. The van der Waals surface area contributed by atoms with Gasteiger partial charge in [-0.25, -0.2) is 0 Å². The Balaban J connectivity index is -0.0000000307. The third-order valence-corrected chi connectivity index (χ3v) is 4.49. The summed E-state index contributed by atoms with van der Waals surface area (Å²) in [5.41, 5.74) is 0. The van der Waals surface area contributed by atoms with E-state index in [9.17, 15) is 38.4 Å². The Bertz CT molecular complexity index is 1250. The number of esters is 4. The fourth-order valence-electron chi connectivity index (χ4n) is 2.60. The van der Waals surface area contributed by atoms with Crippen molar-refractivity contribution in [3.8, 4) is 49.4 Å². The molecule has 0 aromatic rings. The first kappa shape index (κ1) is 121. The van der Waals surface area contributed by atoms with Gasteiger partial charge in [-0.2, -0.15) is 0 Å². The fraction of sp³-hybridized carbons (Fsp3) is 0.364. The first-order valence-electron chi connectivity index (χ1n) is 15.8. The predicted octanol–water partition coefficient (Wildman–Crippen LogP) is -2.88. The summed E-state index contributed by atoms with van der Waals surface area (Å²) in [5.74, 6) is 4.92. The second-order valence-corrected chi connectivity index (χ2v) is 8.38. The average Bonchev–Trinajstić information content (AvgIpc) is 3.44. The molecule has 0 heterocycles. The Hall–Kier alpha value is -8.95. The molecular formula is C44H40Co2N4O24. The van der Waals surface area contributed by atoms with Crippen LogP contribution in [0, 0.1) is 49.4 Å². The molecule has 4 atom stereocenters. The molecule has 0 spiro atoms. The van der Waals surface area contributed by atoms with Gasteiger partial charge in [-0.05, 0) is 51.9 Å². The Kier molecular flexibility index (Phi) is 224. The van der Waals surface area contributed by atoms with E-state index in [1.807, 2.05) is 0 Å². The second-order valence-electron chi connectivity index (χ2n) is 8.38. The van der Waals surface area contributed by atoms with Gasteiger partial charge in [-0.1, -0.05) is 0 Å². The molecule has 4 amide bonds. The topological polar surface area (TPSA) is 435 Å². The number of methoxy groups -OCH3 is 4. The molecular weight excluding hydrogens is 1090 g/mol. The van der Waals surface area contributed by atoms with Gasteiger partial charge in [0.15, 0.2) is 0 Å². The summed E-state index contributed by atoms with van der Waals surface area (Å²) < 4.78 is 17.5. The normalized spacial score (nSPS) is 7.84. The quantitative estimate of drug-likeness (QED) is 0.108. The first-order chi connectivity index (χ1) is 34.5. The summed E-state index contributed by atoms with van der Waals surface area (Å²) in [6.45, 7) is 59.0. The van der Waals surface area contributed by atoms with Crippen molar-refractivity contribution in [3.63, 3.8) is 0 Å². The van der Waals surface area contributed by atoms with Gasteiger partial charge in [-0.3, -0.25) is 76.7 Å². The molecule has 0 N–H and O–H groups in total. The van der Waals surface area contributed by atoms with Crippen LogP contribution in [0.15, 0.2) is 0 Å². The van der Waals surface area contributed by atoms with Crippen LogP contribution in [-0.4, -0.2) is 182 Å². The monoisotopic (exact) mass is 1130 g/mol. The number of amides is 4. The van der Waals surface area contributed by atoms with Crippen molar-refractivity contribution in [3.05, 3.63) is 21.3 Å². The Morgan fingerprint density at radius 2 is 0.405 bits per heavy atom. The number of carbonyl (C=O) groups is 8. The molecule has 26 radical (unpaired) electrons. The van der Waals surface area contributed by atoms with Crippen molar-refractivity contribution in [2.24, 2.45) is 0 Å². The van der Waals surface area contributed by atoms with Gasteiger partial charge in [0.2, 0.25) is 0 Å². The molecule has 4 unspecified atom stereocenters. The van der Waals surface area contributed by atoms with E-state index < -0.39 is 71.7 Å². The molecule has 74 heavy (non-hydrogen) atoms. The van der Waals surface area contributed by atoms with Crippen molar-refractivity contribution < 1.29 is 148 Å². The van der Waals surface area contributed by atoms with E-state index in [0.717, 1.165) is 0 Å². The Morgan fingerprint density at radius 1 is 0.311 bits per heavy atom. The third-order valence-electron chi connectivity index (χ3n) is 4.49. The van der Waals surface area contributed by atoms with Gasteiger partial charge in [0.25, 0.3) is 105 Å². The van der Waals surface area contributed by atoms with Crippen LogP contribution in [0.1, 0.15) is 53.4 Å². The van der Waals surface area contributed by atoms with E-state index in [4.69, 9.17) is 83.2 Å². The van der Waals surface area contributed by atoms with E-state index in [1.54, 1.807) is 0 Å².